The van der Waals surface area contributed by atoms with Crippen LogP contribution in [0.25, 0.3) is 11.5 Å². The summed E-state index contributed by atoms with van der Waals surface area (Å²) in [6.07, 6.45) is 0. The molecule has 0 aliphatic rings. The molecule has 162 valence electrons. The zero-order chi connectivity index (χ0) is 22.4. The summed E-state index contributed by atoms with van der Waals surface area (Å²) in [7, 11) is 4.42. The number of carbonyl (C=O) groups excluding carboxylic acids is 2. The van der Waals surface area contributed by atoms with E-state index in [1.807, 2.05) is 0 Å². The summed E-state index contributed by atoms with van der Waals surface area (Å²) in [5.74, 6) is 0.845. The van der Waals surface area contributed by atoms with Crippen LogP contribution in [-0.4, -0.2) is 50.0 Å². The Kier molecular flexibility index (Phi) is 6.71. The lowest BCUT2D eigenvalue weighted by atomic mass is 10.1. The van der Waals surface area contributed by atoms with Gasteiger partial charge >= 0.3 is 5.97 Å². The third-order valence-electron chi connectivity index (χ3n) is 4.18. The lowest BCUT2D eigenvalue weighted by Gasteiger charge is -2.14. The van der Waals surface area contributed by atoms with Crippen molar-refractivity contribution in [3.05, 3.63) is 47.8 Å². The highest BCUT2D eigenvalue weighted by molar-refractivity contribution is 5.96. The largest absolute Gasteiger partial charge is 0.493 e. The van der Waals surface area contributed by atoms with Gasteiger partial charge < -0.3 is 28.8 Å². The number of hydrogen-bond acceptors (Lipinski definition) is 9. The molecule has 1 N–H and O–H groups in total. The van der Waals surface area contributed by atoms with E-state index in [1.54, 1.807) is 43.3 Å². The van der Waals surface area contributed by atoms with Gasteiger partial charge in [0.2, 0.25) is 5.75 Å². The average Bonchev–Trinajstić information content (AvgIpc) is 3.23. The molecule has 0 saturated heterocycles. The molecule has 3 rings (SSSR count). The van der Waals surface area contributed by atoms with Gasteiger partial charge in [0.15, 0.2) is 23.9 Å². The quantitative estimate of drug-likeness (QED) is 0.541. The van der Waals surface area contributed by atoms with Gasteiger partial charge in [0.05, 0.1) is 26.9 Å². The Morgan fingerprint density at radius 2 is 1.65 bits per heavy atom. The SMILES string of the molecule is COc1cc(NC(=O)COC(=O)c2ccc(-c3nc(C)no3)cc2)cc(OC)c1OC. The van der Waals surface area contributed by atoms with Crippen LogP contribution in [0.15, 0.2) is 40.9 Å². The summed E-state index contributed by atoms with van der Waals surface area (Å²) in [6, 6.07) is 9.54. The van der Waals surface area contributed by atoms with Crippen molar-refractivity contribution in [1.29, 1.82) is 0 Å². The van der Waals surface area contributed by atoms with Crippen LogP contribution in [0.3, 0.4) is 0 Å². The standard InChI is InChI=1S/C21H21N3O7/c1-12-22-20(31-24-12)13-5-7-14(8-6-13)21(26)30-11-18(25)23-15-9-16(27-2)19(29-4)17(10-15)28-3/h5-10H,11H2,1-4H3,(H,23,25). The molecule has 10 heteroatoms. The van der Waals surface area contributed by atoms with E-state index in [1.165, 1.54) is 21.3 Å². The number of nitrogens with one attached hydrogen (secondary N) is 1. The molecule has 0 spiro atoms. The molecule has 31 heavy (non-hydrogen) atoms. The minimum atomic E-state index is -0.645. The number of esters is 1. The van der Waals surface area contributed by atoms with Gasteiger partial charge in [-0.05, 0) is 31.2 Å². The number of aryl methyl sites for hydroxylation is 1. The van der Waals surface area contributed by atoms with Gasteiger partial charge in [-0.25, -0.2) is 4.79 Å². The molecule has 0 atom stereocenters. The van der Waals surface area contributed by atoms with E-state index >= 15 is 0 Å². The predicted molar refractivity (Wildman–Crippen MR) is 109 cm³/mol. The molecule has 0 fully saturated rings. The van der Waals surface area contributed by atoms with Crippen molar-refractivity contribution < 1.29 is 33.1 Å². The van der Waals surface area contributed by atoms with Crippen LogP contribution in [0.2, 0.25) is 0 Å². The number of benzene rings is 2. The topological polar surface area (TPSA) is 122 Å². The Morgan fingerprint density at radius 1 is 1.00 bits per heavy atom. The summed E-state index contributed by atoms with van der Waals surface area (Å²) < 4.78 is 25.9. The lowest BCUT2D eigenvalue weighted by molar-refractivity contribution is -0.119. The number of carbonyl (C=O) groups is 2. The Labute approximate surface area is 178 Å². The first-order chi connectivity index (χ1) is 14.9. The first kappa shape index (κ1) is 21.6. The smallest absolute Gasteiger partial charge is 0.338 e. The molecule has 0 bridgehead atoms. The van der Waals surface area contributed by atoms with Gasteiger partial charge in [-0.15, -0.1) is 0 Å². The van der Waals surface area contributed by atoms with Crippen molar-refractivity contribution in [2.75, 3.05) is 33.3 Å². The maximum atomic E-state index is 12.2. The molecular formula is C21H21N3O7. The second-order valence-corrected chi connectivity index (χ2v) is 6.26. The normalized spacial score (nSPS) is 10.3. The number of methoxy groups -OCH3 is 3. The molecule has 0 aliphatic heterocycles. The Bertz CT molecular complexity index is 1050. The van der Waals surface area contributed by atoms with Gasteiger partial charge in [-0.1, -0.05) is 5.16 Å². The number of aromatic nitrogens is 2. The number of hydrogen-bond donors (Lipinski definition) is 1. The highest BCUT2D eigenvalue weighted by Crippen LogP contribution is 2.39. The molecule has 2 aromatic carbocycles. The van der Waals surface area contributed by atoms with Crippen LogP contribution < -0.4 is 19.5 Å². The summed E-state index contributed by atoms with van der Waals surface area (Å²) in [5, 5.41) is 6.34. The molecule has 0 unspecified atom stereocenters. The van der Waals surface area contributed by atoms with Gasteiger partial charge in [0.1, 0.15) is 0 Å². The lowest BCUT2D eigenvalue weighted by Crippen LogP contribution is -2.21. The van der Waals surface area contributed by atoms with E-state index in [4.69, 9.17) is 23.5 Å². The Hall–Kier alpha value is -4.08. The van der Waals surface area contributed by atoms with Crippen molar-refractivity contribution in [3.63, 3.8) is 0 Å². The van der Waals surface area contributed by atoms with E-state index in [0.717, 1.165) is 0 Å². The third kappa shape index (κ3) is 5.10. The zero-order valence-electron chi connectivity index (χ0n) is 17.4. The van der Waals surface area contributed by atoms with Crippen molar-refractivity contribution in [3.8, 4) is 28.7 Å². The van der Waals surface area contributed by atoms with E-state index in [-0.39, 0.29) is 5.56 Å². The summed E-state index contributed by atoms with van der Waals surface area (Å²) in [6.45, 7) is 1.24. The Balaban J connectivity index is 1.60. The van der Waals surface area contributed by atoms with E-state index < -0.39 is 18.5 Å². The minimum Gasteiger partial charge on any atom is -0.493 e. The molecule has 1 aromatic heterocycles. The highest BCUT2D eigenvalue weighted by Gasteiger charge is 2.16. The fourth-order valence-corrected chi connectivity index (χ4v) is 2.73. The second-order valence-electron chi connectivity index (χ2n) is 6.26. The molecule has 0 radical (unpaired) electrons. The Morgan fingerprint density at radius 3 is 2.16 bits per heavy atom. The van der Waals surface area contributed by atoms with Crippen molar-refractivity contribution >= 4 is 17.6 Å². The minimum absolute atomic E-state index is 0.278. The fourth-order valence-electron chi connectivity index (χ4n) is 2.73. The number of ether oxygens (including phenoxy) is 4. The first-order valence-electron chi connectivity index (χ1n) is 9.13. The number of nitrogens with zero attached hydrogens (tertiary/aromatic N) is 2. The highest BCUT2D eigenvalue weighted by atomic mass is 16.5. The van der Waals surface area contributed by atoms with Crippen molar-refractivity contribution in [1.82, 2.24) is 10.1 Å². The maximum Gasteiger partial charge on any atom is 0.338 e. The number of rotatable bonds is 8. The van der Waals surface area contributed by atoms with E-state index in [0.29, 0.717) is 40.2 Å². The molecule has 3 aromatic rings. The van der Waals surface area contributed by atoms with Gasteiger partial charge in [-0.3, -0.25) is 4.79 Å². The van der Waals surface area contributed by atoms with Gasteiger partial charge in [-0.2, -0.15) is 4.98 Å². The van der Waals surface area contributed by atoms with Gasteiger partial charge in [0, 0.05) is 23.4 Å². The van der Waals surface area contributed by atoms with E-state index in [2.05, 4.69) is 15.5 Å². The van der Waals surface area contributed by atoms with Crippen LogP contribution >= 0.6 is 0 Å². The fraction of sp³-hybridized carbons (Fsp3) is 0.238. The molecule has 1 heterocycles. The van der Waals surface area contributed by atoms with Crippen LogP contribution in [-0.2, 0) is 9.53 Å². The second kappa shape index (κ2) is 9.61. The first-order valence-corrected chi connectivity index (χ1v) is 9.13. The van der Waals surface area contributed by atoms with Crippen molar-refractivity contribution in [2.45, 2.75) is 6.92 Å². The average molecular weight is 427 g/mol. The number of amides is 1. The molecule has 0 saturated carbocycles. The van der Waals surface area contributed by atoms with Crippen LogP contribution in [0.1, 0.15) is 16.2 Å². The predicted octanol–water partition coefficient (Wildman–Crippen LogP) is 2.87. The van der Waals surface area contributed by atoms with Crippen LogP contribution in [0.5, 0.6) is 17.2 Å². The van der Waals surface area contributed by atoms with Gasteiger partial charge in [0.25, 0.3) is 11.8 Å². The summed E-state index contributed by atoms with van der Waals surface area (Å²) in [4.78, 5) is 28.6. The molecular weight excluding hydrogens is 406 g/mol. The maximum absolute atomic E-state index is 12.2. The van der Waals surface area contributed by atoms with Crippen LogP contribution in [0.4, 0.5) is 5.69 Å². The molecule has 1 amide bonds. The van der Waals surface area contributed by atoms with Crippen molar-refractivity contribution in [2.24, 2.45) is 0 Å². The van der Waals surface area contributed by atoms with E-state index in [9.17, 15) is 9.59 Å². The third-order valence-corrected chi connectivity index (χ3v) is 4.18. The monoisotopic (exact) mass is 427 g/mol. The summed E-state index contributed by atoms with van der Waals surface area (Å²) >= 11 is 0. The summed E-state index contributed by atoms with van der Waals surface area (Å²) in [5.41, 5.74) is 1.34. The molecule has 10 nitrogen and oxygen atoms in total. The number of anilines is 1. The van der Waals surface area contributed by atoms with Crippen LogP contribution in [0, 0.1) is 6.92 Å². The molecule has 0 aliphatic carbocycles. The zero-order valence-corrected chi connectivity index (χ0v) is 17.4.